The minimum atomic E-state index is -3.86. The lowest BCUT2D eigenvalue weighted by Gasteiger charge is -2.25. The van der Waals surface area contributed by atoms with Crippen LogP contribution in [0.5, 0.6) is 17.2 Å². The first-order valence-corrected chi connectivity index (χ1v) is 10.4. The molecule has 7 nitrogen and oxygen atoms in total. The number of hydrogen-bond acceptors (Lipinski definition) is 6. The third-order valence-corrected chi connectivity index (χ3v) is 6.42. The van der Waals surface area contributed by atoms with Gasteiger partial charge in [0.25, 0.3) is 10.0 Å². The summed E-state index contributed by atoms with van der Waals surface area (Å²) in [5.74, 6) is 1.73. The molecular weight excluding hydrogens is 392 g/mol. The van der Waals surface area contributed by atoms with Gasteiger partial charge in [0.2, 0.25) is 6.79 Å². The zero-order valence-corrected chi connectivity index (χ0v) is 16.8. The van der Waals surface area contributed by atoms with E-state index in [1.54, 1.807) is 62.0 Å². The molecule has 150 valence electrons. The van der Waals surface area contributed by atoms with E-state index in [4.69, 9.17) is 14.2 Å². The maximum absolute atomic E-state index is 13.6. The minimum Gasteiger partial charge on any atom is -0.496 e. The predicted molar refractivity (Wildman–Crippen MR) is 108 cm³/mol. The second kappa shape index (κ2) is 7.63. The van der Waals surface area contributed by atoms with Crippen molar-refractivity contribution in [3.05, 3.63) is 72.1 Å². The first-order chi connectivity index (χ1) is 14.0. The molecule has 2 heterocycles. The molecule has 0 saturated heterocycles. The maximum atomic E-state index is 13.6. The van der Waals surface area contributed by atoms with E-state index < -0.39 is 10.0 Å². The lowest BCUT2D eigenvalue weighted by molar-refractivity contribution is 0.174. The number of anilines is 1. The summed E-state index contributed by atoms with van der Waals surface area (Å²) in [6, 6.07) is 13.5. The fourth-order valence-electron chi connectivity index (χ4n) is 3.15. The van der Waals surface area contributed by atoms with E-state index >= 15 is 0 Å². The van der Waals surface area contributed by atoms with Crippen LogP contribution in [0.2, 0.25) is 0 Å². The van der Waals surface area contributed by atoms with Crippen molar-refractivity contribution in [2.75, 3.05) is 18.2 Å². The van der Waals surface area contributed by atoms with Crippen molar-refractivity contribution in [1.82, 2.24) is 4.98 Å². The molecule has 0 unspecified atom stereocenters. The summed E-state index contributed by atoms with van der Waals surface area (Å²) < 4.78 is 44.5. The Hall–Kier alpha value is -3.26. The highest BCUT2D eigenvalue weighted by Crippen LogP contribution is 2.37. The van der Waals surface area contributed by atoms with Gasteiger partial charge in [-0.05, 0) is 54.4 Å². The molecule has 3 aromatic rings. The van der Waals surface area contributed by atoms with Gasteiger partial charge in [0.1, 0.15) is 5.75 Å². The summed E-state index contributed by atoms with van der Waals surface area (Å²) in [6.07, 6.45) is 3.30. The number of pyridine rings is 1. The monoisotopic (exact) mass is 412 g/mol. The third-order valence-electron chi connectivity index (χ3n) is 4.65. The molecule has 2 aromatic carbocycles. The van der Waals surface area contributed by atoms with Gasteiger partial charge in [-0.1, -0.05) is 6.07 Å². The molecule has 0 N–H and O–H groups in total. The summed E-state index contributed by atoms with van der Waals surface area (Å²) in [5, 5.41) is 0. The highest BCUT2D eigenvalue weighted by molar-refractivity contribution is 7.92. The van der Waals surface area contributed by atoms with Crippen molar-refractivity contribution in [1.29, 1.82) is 0 Å². The number of rotatable bonds is 6. The standard InChI is InChI=1S/C21H20N2O5S/c1-15-10-18(6-8-19(15)26-2)29(24,25)23(13-16-4-3-9-22-12-16)17-5-7-20-21(11-17)28-14-27-20/h3-12H,13-14H2,1-2H3. The van der Waals surface area contributed by atoms with Crippen LogP contribution in [0.3, 0.4) is 0 Å². The quantitative estimate of drug-likeness (QED) is 0.616. The van der Waals surface area contributed by atoms with E-state index in [1.165, 1.54) is 4.31 Å². The predicted octanol–water partition coefficient (Wildman–Crippen LogP) is 3.52. The van der Waals surface area contributed by atoms with E-state index in [-0.39, 0.29) is 18.2 Å². The van der Waals surface area contributed by atoms with Crippen LogP contribution >= 0.6 is 0 Å². The number of fused-ring (bicyclic) bond motifs is 1. The summed E-state index contributed by atoms with van der Waals surface area (Å²) in [6.45, 7) is 2.05. The van der Waals surface area contributed by atoms with Crippen LogP contribution in [-0.4, -0.2) is 27.3 Å². The van der Waals surface area contributed by atoms with Crippen molar-refractivity contribution in [2.45, 2.75) is 18.4 Å². The summed E-state index contributed by atoms with van der Waals surface area (Å²) in [4.78, 5) is 4.28. The van der Waals surface area contributed by atoms with Gasteiger partial charge in [-0.15, -0.1) is 0 Å². The number of benzene rings is 2. The van der Waals surface area contributed by atoms with Gasteiger partial charge >= 0.3 is 0 Å². The fraction of sp³-hybridized carbons (Fsp3) is 0.190. The Labute approximate surface area is 169 Å². The molecule has 29 heavy (non-hydrogen) atoms. The molecule has 8 heteroatoms. The average molecular weight is 412 g/mol. The topological polar surface area (TPSA) is 78.0 Å². The Morgan fingerprint density at radius 2 is 1.93 bits per heavy atom. The molecule has 0 radical (unpaired) electrons. The minimum absolute atomic E-state index is 0.117. The van der Waals surface area contributed by atoms with Crippen molar-refractivity contribution >= 4 is 15.7 Å². The van der Waals surface area contributed by atoms with Crippen molar-refractivity contribution in [3.63, 3.8) is 0 Å². The number of aryl methyl sites for hydroxylation is 1. The molecule has 1 aromatic heterocycles. The second-order valence-electron chi connectivity index (χ2n) is 6.54. The summed E-state index contributed by atoms with van der Waals surface area (Å²) in [7, 11) is -2.31. The molecule has 0 amide bonds. The van der Waals surface area contributed by atoms with Crippen LogP contribution in [-0.2, 0) is 16.6 Å². The number of sulfonamides is 1. The highest BCUT2D eigenvalue weighted by Gasteiger charge is 2.27. The van der Waals surface area contributed by atoms with Gasteiger partial charge in [-0.3, -0.25) is 9.29 Å². The Morgan fingerprint density at radius 1 is 1.10 bits per heavy atom. The molecule has 0 fully saturated rings. The van der Waals surface area contributed by atoms with E-state index in [9.17, 15) is 8.42 Å². The van der Waals surface area contributed by atoms with Crippen molar-refractivity contribution < 1.29 is 22.6 Å². The lowest BCUT2D eigenvalue weighted by atomic mass is 10.2. The van der Waals surface area contributed by atoms with Gasteiger partial charge < -0.3 is 14.2 Å². The van der Waals surface area contributed by atoms with Crippen LogP contribution < -0.4 is 18.5 Å². The van der Waals surface area contributed by atoms with Gasteiger partial charge in [0, 0.05) is 18.5 Å². The normalized spacial score (nSPS) is 12.6. The number of aromatic nitrogens is 1. The maximum Gasteiger partial charge on any atom is 0.264 e. The molecule has 0 aliphatic carbocycles. The Balaban J connectivity index is 1.79. The molecule has 0 atom stereocenters. The van der Waals surface area contributed by atoms with Gasteiger partial charge in [-0.25, -0.2) is 8.42 Å². The van der Waals surface area contributed by atoms with Crippen LogP contribution in [0, 0.1) is 6.92 Å². The van der Waals surface area contributed by atoms with Crippen LogP contribution in [0.15, 0.2) is 65.8 Å². The molecule has 0 bridgehead atoms. The Kier molecular flexibility index (Phi) is 5.02. The SMILES string of the molecule is COc1ccc(S(=O)(=O)N(Cc2cccnc2)c2ccc3c(c2)OCO3)cc1C. The van der Waals surface area contributed by atoms with Crippen molar-refractivity contribution in [2.24, 2.45) is 0 Å². The second-order valence-corrected chi connectivity index (χ2v) is 8.40. The number of methoxy groups -OCH3 is 1. The van der Waals surface area contributed by atoms with Gasteiger partial charge in [0.05, 0.1) is 24.2 Å². The Bertz CT molecular complexity index is 1130. The molecule has 0 spiro atoms. The number of hydrogen-bond donors (Lipinski definition) is 0. The molecule has 1 aliphatic heterocycles. The highest BCUT2D eigenvalue weighted by atomic mass is 32.2. The number of ether oxygens (including phenoxy) is 3. The van der Waals surface area contributed by atoms with E-state index in [0.29, 0.717) is 22.9 Å². The largest absolute Gasteiger partial charge is 0.496 e. The fourth-order valence-corrected chi connectivity index (χ4v) is 4.68. The molecular formula is C21H20N2O5S. The Morgan fingerprint density at radius 3 is 2.66 bits per heavy atom. The van der Waals surface area contributed by atoms with Gasteiger partial charge in [0.15, 0.2) is 11.5 Å². The molecule has 1 aliphatic rings. The van der Waals surface area contributed by atoms with Crippen LogP contribution in [0.1, 0.15) is 11.1 Å². The summed E-state index contributed by atoms with van der Waals surface area (Å²) >= 11 is 0. The van der Waals surface area contributed by atoms with E-state index in [2.05, 4.69) is 4.98 Å². The first-order valence-electron chi connectivity index (χ1n) is 8.95. The third kappa shape index (κ3) is 3.71. The zero-order valence-electron chi connectivity index (χ0n) is 16.0. The molecule has 4 rings (SSSR count). The van der Waals surface area contributed by atoms with E-state index in [0.717, 1.165) is 11.1 Å². The number of nitrogens with zero attached hydrogens (tertiary/aromatic N) is 2. The average Bonchev–Trinajstić information content (AvgIpc) is 3.20. The zero-order chi connectivity index (χ0) is 20.4. The van der Waals surface area contributed by atoms with Crippen molar-refractivity contribution in [3.8, 4) is 17.2 Å². The summed E-state index contributed by atoms with van der Waals surface area (Å²) in [5.41, 5.74) is 1.98. The molecule has 0 saturated carbocycles. The first kappa shape index (κ1) is 19.1. The van der Waals surface area contributed by atoms with Crippen LogP contribution in [0.4, 0.5) is 5.69 Å². The lowest BCUT2D eigenvalue weighted by Crippen LogP contribution is -2.30. The van der Waals surface area contributed by atoms with Gasteiger partial charge in [-0.2, -0.15) is 0 Å². The van der Waals surface area contributed by atoms with Crippen LogP contribution in [0.25, 0.3) is 0 Å². The van der Waals surface area contributed by atoms with E-state index in [1.807, 2.05) is 13.0 Å². The smallest absolute Gasteiger partial charge is 0.264 e.